The van der Waals surface area contributed by atoms with Gasteiger partial charge in [0.15, 0.2) is 0 Å². The fourth-order valence-electron chi connectivity index (χ4n) is 3.11. The van der Waals surface area contributed by atoms with Crippen LogP contribution in [0.4, 0.5) is 13.6 Å². The number of ether oxygens (including phenoxy) is 3. The minimum absolute atomic E-state index is 0.0340. The third-order valence-electron chi connectivity index (χ3n) is 5.14. The molecular formula is C24H29F2NO7S. The molecule has 0 saturated carbocycles. The van der Waals surface area contributed by atoms with Crippen molar-refractivity contribution in [3.8, 4) is 0 Å². The Hall–Kier alpha value is -2.60. The molecule has 8 nitrogen and oxygen atoms in total. The van der Waals surface area contributed by atoms with E-state index in [1.54, 1.807) is 12.1 Å². The Bertz CT molecular complexity index is 1040. The highest BCUT2D eigenvalue weighted by atomic mass is 32.2. The van der Waals surface area contributed by atoms with E-state index in [-0.39, 0.29) is 44.2 Å². The number of nitrogens with zero attached hydrogens (tertiary/aromatic N) is 1. The van der Waals surface area contributed by atoms with Gasteiger partial charge in [0.2, 0.25) is 0 Å². The van der Waals surface area contributed by atoms with E-state index >= 15 is 0 Å². The fourth-order valence-corrected chi connectivity index (χ4v) is 4.05. The summed E-state index contributed by atoms with van der Waals surface area (Å²) in [5.41, 5.74) is 1.77. The molecule has 192 valence electrons. The summed E-state index contributed by atoms with van der Waals surface area (Å²) in [7, 11) is -3.90. The molecule has 0 atom stereocenters. The van der Waals surface area contributed by atoms with Gasteiger partial charge in [-0.1, -0.05) is 48.0 Å². The van der Waals surface area contributed by atoms with E-state index in [2.05, 4.69) is 0 Å². The molecule has 11 heteroatoms. The van der Waals surface area contributed by atoms with Gasteiger partial charge in [0.05, 0.1) is 30.7 Å². The molecule has 0 unspecified atom stereocenters. The summed E-state index contributed by atoms with van der Waals surface area (Å²) in [5, 5.41) is 0. The fraction of sp³-hybridized carbons (Fsp3) is 0.458. The number of carbonyl (C=O) groups excluding carboxylic acids is 1. The normalized spacial score (nSPS) is 14.5. The Labute approximate surface area is 203 Å². The highest BCUT2D eigenvalue weighted by molar-refractivity contribution is 7.86. The average molecular weight is 514 g/mol. The quantitative estimate of drug-likeness (QED) is 0.297. The molecule has 0 N–H and O–H groups in total. The monoisotopic (exact) mass is 513 g/mol. The van der Waals surface area contributed by atoms with Crippen molar-refractivity contribution in [3.05, 3.63) is 65.7 Å². The minimum Gasteiger partial charge on any atom is -0.445 e. The Kier molecular flexibility index (Phi) is 9.55. The van der Waals surface area contributed by atoms with Gasteiger partial charge < -0.3 is 19.1 Å². The molecule has 1 aliphatic heterocycles. The van der Waals surface area contributed by atoms with Crippen LogP contribution in [0.25, 0.3) is 0 Å². The lowest BCUT2D eigenvalue weighted by molar-refractivity contribution is -0.155. The average Bonchev–Trinajstić information content (AvgIpc) is 2.80. The molecule has 0 spiro atoms. The van der Waals surface area contributed by atoms with Crippen molar-refractivity contribution in [1.82, 2.24) is 4.90 Å². The molecule has 1 heterocycles. The second-order valence-electron chi connectivity index (χ2n) is 8.23. The maximum Gasteiger partial charge on any atom is 0.410 e. The number of rotatable bonds is 13. The maximum absolute atomic E-state index is 14.0. The molecular weight excluding hydrogens is 484 g/mol. The summed E-state index contributed by atoms with van der Waals surface area (Å²) in [6, 6.07) is 15.4. The Balaban J connectivity index is 1.24. The molecule has 0 bridgehead atoms. The number of hydrogen-bond acceptors (Lipinski definition) is 7. The van der Waals surface area contributed by atoms with Gasteiger partial charge in [-0.05, 0) is 31.0 Å². The first-order valence-corrected chi connectivity index (χ1v) is 12.5. The van der Waals surface area contributed by atoms with Crippen molar-refractivity contribution in [1.29, 1.82) is 0 Å². The molecule has 1 amide bonds. The standard InChI is InChI=1S/C24H29F2NO7S/c1-19-8-10-22(11-9-19)35(29,30)34-13-5-12-31-17-24(25,26)18-33-21-14-27(15-21)23(28)32-16-20-6-3-2-4-7-20/h2-4,6-11,21H,5,12-18H2,1H3. The smallest absolute Gasteiger partial charge is 0.410 e. The van der Waals surface area contributed by atoms with Crippen molar-refractivity contribution in [3.63, 3.8) is 0 Å². The predicted octanol–water partition coefficient (Wildman–Crippen LogP) is 3.78. The molecule has 0 aromatic heterocycles. The summed E-state index contributed by atoms with van der Waals surface area (Å²) in [5.74, 6) is -3.22. The van der Waals surface area contributed by atoms with Crippen molar-refractivity contribution in [2.45, 2.75) is 36.9 Å². The van der Waals surface area contributed by atoms with E-state index in [4.69, 9.17) is 18.4 Å². The van der Waals surface area contributed by atoms with Gasteiger partial charge >= 0.3 is 6.09 Å². The number of hydrogen-bond donors (Lipinski definition) is 0. The largest absolute Gasteiger partial charge is 0.445 e. The van der Waals surface area contributed by atoms with E-state index < -0.39 is 41.5 Å². The first-order valence-electron chi connectivity index (χ1n) is 11.1. The van der Waals surface area contributed by atoms with Gasteiger partial charge in [0.1, 0.15) is 19.8 Å². The topological polar surface area (TPSA) is 91.4 Å². The molecule has 1 fully saturated rings. The van der Waals surface area contributed by atoms with Crippen LogP contribution < -0.4 is 0 Å². The number of likely N-dealkylation sites (tertiary alicyclic amines) is 1. The predicted molar refractivity (Wildman–Crippen MR) is 123 cm³/mol. The third kappa shape index (κ3) is 8.84. The number of benzene rings is 2. The van der Waals surface area contributed by atoms with E-state index in [1.807, 2.05) is 37.3 Å². The van der Waals surface area contributed by atoms with Gasteiger partial charge in [-0.2, -0.15) is 8.42 Å². The second-order valence-corrected chi connectivity index (χ2v) is 9.84. The number of aryl methyl sites for hydroxylation is 1. The van der Waals surface area contributed by atoms with Crippen LogP contribution in [0.5, 0.6) is 0 Å². The minimum atomic E-state index is -3.90. The molecule has 1 saturated heterocycles. The zero-order valence-corrected chi connectivity index (χ0v) is 20.2. The Morgan fingerprint density at radius 2 is 1.71 bits per heavy atom. The van der Waals surface area contributed by atoms with Crippen molar-refractivity contribution in [2.24, 2.45) is 0 Å². The lowest BCUT2D eigenvalue weighted by atomic mass is 10.2. The zero-order chi connectivity index (χ0) is 25.3. The molecule has 2 aromatic rings. The molecule has 1 aliphatic rings. The highest BCUT2D eigenvalue weighted by Crippen LogP contribution is 2.20. The van der Waals surface area contributed by atoms with E-state index in [1.165, 1.54) is 17.0 Å². The van der Waals surface area contributed by atoms with Crippen LogP contribution in [0, 0.1) is 6.92 Å². The lowest BCUT2D eigenvalue weighted by Crippen LogP contribution is -2.55. The number of carbonyl (C=O) groups is 1. The second kappa shape index (κ2) is 12.4. The maximum atomic E-state index is 14.0. The zero-order valence-electron chi connectivity index (χ0n) is 19.4. The van der Waals surface area contributed by atoms with Crippen LogP contribution >= 0.6 is 0 Å². The van der Waals surface area contributed by atoms with Gasteiger partial charge in [-0.3, -0.25) is 4.18 Å². The van der Waals surface area contributed by atoms with Crippen LogP contribution in [0.15, 0.2) is 59.5 Å². The molecule has 3 rings (SSSR count). The van der Waals surface area contributed by atoms with Gasteiger partial charge in [-0.15, -0.1) is 0 Å². The first-order chi connectivity index (χ1) is 16.6. The van der Waals surface area contributed by atoms with Crippen molar-refractivity contribution in [2.75, 3.05) is 39.5 Å². The SMILES string of the molecule is Cc1ccc(S(=O)(=O)OCCCOCC(F)(F)COC2CN(C(=O)OCc3ccccc3)C2)cc1. The van der Waals surface area contributed by atoms with Gasteiger partial charge in [0.25, 0.3) is 16.0 Å². The van der Waals surface area contributed by atoms with Crippen LogP contribution in [0.3, 0.4) is 0 Å². The lowest BCUT2D eigenvalue weighted by Gasteiger charge is -2.38. The summed E-state index contributed by atoms with van der Waals surface area (Å²) >= 11 is 0. The van der Waals surface area contributed by atoms with E-state index in [9.17, 15) is 22.0 Å². The van der Waals surface area contributed by atoms with Gasteiger partial charge in [0, 0.05) is 6.61 Å². The van der Waals surface area contributed by atoms with Crippen LogP contribution in [-0.2, 0) is 35.1 Å². The van der Waals surface area contributed by atoms with Crippen molar-refractivity contribution < 1.29 is 40.4 Å². The van der Waals surface area contributed by atoms with Crippen molar-refractivity contribution >= 4 is 16.2 Å². The molecule has 35 heavy (non-hydrogen) atoms. The molecule has 2 aromatic carbocycles. The summed E-state index contributed by atoms with van der Waals surface area (Å²) in [6.07, 6.45) is -0.883. The summed E-state index contributed by atoms with van der Waals surface area (Å²) < 4.78 is 72.3. The van der Waals surface area contributed by atoms with Gasteiger partial charge in [-0.25, -0.2) is 13.6 Å². The third-order valence-corrected chi connectivity index (χ3v) is 6.46. The summed E-state index contributed by atoms with van der Waals surface area (Å²) in [6.45, 7) is 0.339. The highest BCUT2D eigenvalue weighted by Gasteiger charge is 2.37. The number of halogens is 2. The Morgan fingerprint density at radius 3 is 2.40 bits per heavy atom. The van der Waals surface area contributed by atoms with Crippen LogP contribution in [-0.4, -0.2) is 71.0 Å². The first kappa shape index (κ1) is 27.0. The summed E-state index contributed by atoms with van der Waals surface area (Å²) in [4.78, 5) is 13.4. The molecule has 0 radical (unpaired) electrons. The number of amides is 1. The Morgan fingerprint density at radius 1 is 1.03 bits per heavy atom. The van der Waals surface area contributed by atoms with E-state index in [0.29, 0.717) is 0 Å². The molecule has 0 aliphatic carbocycles. The van der Waals surface area contributed by atoms with Crippen LogP contribution in [0.1, 0.15) is 17.5 Å². The van der Waals surface area contributed by atoms with Crippen LogP contribution in [0.2, 0.25) is 0 Å². The number of alkyl halides is 2. The van der Waals surface area contributed by atoms with E-state index in [0.717, 1.165) is 11.1 Å².